The molecule has 0 aliphatic carbocycles. The summed E-state index contributed by atoms with van der Waals surface area (Å²) in [7, 11) is 1.54. The minimum atomic E-state index is -0.270. The molecule has 2 heterocycles. The minimum Gasteiger partial charge on any atom is -0.496 e. The molecular formula is C19H16N4O3. The summed E-state index contributed by atoms with van der Waals surface area (Å²) >= 11 is 0. The van der Waals surface area contributed by atoms with Crippen LogP contribution in [0.15, 0.2) is 59.5 Å². The van der Waals surface area contributed by atoms with Crippen molar-refractivity contribution >= 4 is 11.0 Å². The number of aliphatic hydroxyl groups is 1. The highest BCUT2D eigenvalue weighted by Crippen LogP contribution is 2.25. The molecule has 2 N–H and O–H groups in total. The van der Waals surface area contributed by atoms with Crippen molar-refractivity contribution < 1.29 is 9.84 Å². The molecule has 2 aromatic carbocycles. The van der Waals surface area contributed by atoms with Gasteiger partial charge in [0, 0.05) is 11.1 Å². The second-order valence-electron chi connectivity index (χ2n) is 5.73. The Hall–Kier alpha value is -3.45. The summed E-state index contributed by atoms with van der Waals surface area (Å²) in [4.78, 5) is 19.8. The van der Waals surface area contributed by atoms with E-state index in [1.807, 2.05) is 30.3 Å². The molecule has 4 aromatic rings. The van der Waals surface area contributed by atoms with Crippen LogP contribution >= 0.6 is 0 Å². The molecule has 0 saturated carbocycles. The average molecular weight is 348 g/mol. The van der Waals surface area contributed by atoms with E-state index in [1.54, 1.807) is 30.0 Å². The highest BCUT2D eigenvalue weighted by Gasteiger charge is 2.13. The first-order valence-corrected chi connectivity index (χ1v) is 8.03. The number of nitrogens with one attached hydrogen (secondary N) is 1. The molecular weight excluding hydrogens is 332 g/mol. The van der Waals surface area contributed by atoms with E-state index in [4.69, 9.17) is 4.74 Å². The SMILES string of the molecule is COc1ccc(-c2nc3c(cnn3-c3ccccc3)c(=O)[nH]2)cc1CO. The number of hydrogen-bond acceptors (Lipinski definition) is 5. The molecule has 0 spiro atoms. The van der Waals surface area contributed by atoms with Crippen molar-refractivity contribution in [3.05, 3.63) is 70.6 Å². The number of para-hydroxylation sites is 1. The topological polar surface area (TPSA) is 93.0 Å². The van der Waals surface area contributed by atoms with E-state index in [1.165, 1.54) is 6.20 Å². The van der Waals surface area contributed by atoms with E-state index in [9.17, 15) is 9.90 Å². The zero-order valence-corrected chi connectivity index (χ0v) is 14.0. The van der Waals surface area contributed by atoms with Gasteiger partial charge in [-0.15, -0.1) is 0 Å². The number of H-pyrrole nitrogens is 1. The Bertz CT molecular complexity index is 1130. The number of hydrogen-bond donors (Lipinski definition) is 2. The monoisotopic (exact) mass is 348 g/mol. The van der Waals surface area contributed by atoms with Crippen molar-refractivity contribution in [2.75, 3.05) is 7.11 Å². The third-order valence-electron chi connectivity index (χ3n) is 4.16. The Morgan fingerprint density at radius 3 is 2.73 bits per heavy atom. The predicted molar refractivity (Wildman–Crippen MR) is 97.4 cm³/mol. The number of aromatic amines is 1. The molecule has 130 valence electrons. The molecule has 0 atom stereocenters. The van der Waals surface area contributed by atoms with Crippen LogP contribution in [0, 0.1) is 0 Å². The van der Waals surface area contributed by atoms with Crippen LogP contribution in [0.3, 0.4) is 0 Å². The maximum absolute atomic E-state index is 12.5. The summed E-state index contributed by atoms with van der Waals surface area (Å²) in [6.45, 7) is -0.175. The number of aliphatic hydroxyl groups excluding tert-OH is 1. The Morgan fingerprint density at radius 2 is 2.00 bits per heavy atom. The van der Waals surface area contributed by atoms with Crippen LogP contribution < -0.4 is 10.3 Å². The minimum absolute atomic E-state index is 0.175. The Balaban J connectivity index is 1.91. The fourth-order valence-electron chi connectivity index (χ4n) is 2.86. The second kappa shape index (κ2) is 6.45. The molecule has 0 radical (unpaired) electrons. The molecule has 7 heteroatoms. The average Bonchev–Trinajstić information content (AvgIpc) is 3.12. The number of ether oxygens (including phenoxy) is 1. The van der Waals surface area contributed by atoms with Gasteiger partial charge in [0.05, 0.1) is 25.6 Å². The van der Waals surface area contributed by atoms with Crippen molar-refractivity contribution in [2.24, 2.45) is 0 Å². The van der Waals surface area contributed by atoms with Crippen molar-refractivity contribution in [1.82, 2.24) is 19.7 Å². The molecule has 2 aromatic heterocycles. The smallest absolute Gasteiger partial charge is 0.262 e. The summed E-state index contributed by atoms with van der Waals surface area (Å²) in [6.07, 6.45) is 1.51. The van der Waals surface area contributed by atoms with E-state index in [-0.39, 0.29) is 12.2 Å². The van der Waals surface area contributed by atoms with Gasteiger partial charge >= 0.3 is 0 Å². The lowest BCUT2D eigenvalue weighted by Crippen LogP contribution is -2.10. The van der Waals surface area contributed by atoms with Gasteiger partial charge in [0.15, 0.2) is 5.65 Å². The molecule has 0 saturated heterocycles. The number of nitrogens with zero attached hydrogens (tertiary/aromatic N) is 3. The van der Waals surface area contributed by atoms with Gasteiger partial charge in [-0.2, -0.15) is 5.10 Å². The van der Waals surface area contributed by atoms with Crippen LogP contribution in [0.1, 0.15) is 5.56 Å². The highest BCUT2D eigenvalue weighted by molar-refractivity contribution is 5.77. The first-order valence-electron chi connectivity index (χ1n) is 8.03. The molecule has 0 bridgehead atoms. The lowest BCUT2D eigenvalue weighted by Gasteiger charge is -2.09. The molecule has 0 aliphatic rings. The first-order chi connectivity index (χ1) is 12.7. The molecule has 0 aliphatic heterocycles. The third-order valence-corrected chi connectivity index (χ3v) is 4.16. The number of aromatic nitrogens is 4. The Labute approximate surface area is 148 Å². The van der Waals surface area contributed by atoms with Crippen LogP contribution in [0.4, 0.5) is 0 Å². The van der Waals surface area contributed by atoms with Crippen LogP contribution in [0.25, 0.3) is 28.1 Å². The fraction of sp³-hybridized carbons (Fsp3) is 0.105. The summed E-state index contributed by atoms with van der Waals surface area (Å²) in [5.41, 5.74) is 2.31. The van der Waals surface area contributed by atoms with Gasteiger partial charge in [0.25, 0.3) is 5.56 Å². The van der Waals surface area contributed by atoms with Crippen molar-refractivity contribution in [1.29, 1.82) is 0 Å². The lowest BCUT2D eigenvalue weighted by atomic mass is 10.1. The van der Waals surface area contributed by atoms with Crippen LogP contribution in [-0.4, -0.2) is 32.0 Å². The number of methoxy groups -OCH3 is 1. The van der Waals surface area contributed by atoms with Crippen molar-refractivity contribution in [2.45, 2.75) is 6.61 Å². The fourth-order valence-corrected chi connectivity index (χ4v) is 2.86. The maximum Gasteiger partial charge on any atom is 0.262 e. The highest BCUT2D eigenvalue weighted by atomic mass is 16.5. The van der Waals surface area contributed by atoms with E-state index in [0.29, 0.717) is 33.7 Å². The molecule has 4 rings (SSSR count). The normalized spacial score (nSPS) is 11.0. The van der Waals surface area contributed by atoms with Gasteiger partial charge in [-0.1, -0.05) is 18.2 Å². The zero-order valence-electron chi connectivity index (χ0n) is 14.0. The van der Waals surface area contributed by atoms with Gasteiger partial charge in [-0.3, -0.25) is 4.79 Å². The summed E-state index contributed by atoms with van der Waals surface area (Å²) in [6, 6.07) is 14.8. The third kappa shape index (κ3) is 2.64. The van der Waals surface area contributed by atoms with Crippen molar-refractivity contribution in [3.63, 3.8) is 0 Å². The maximum atomic E-state index is 12.5. The van der Waals surface area contributed by atoms with E-state index < -0.39 is 0 Å². The Kier molecular flexibility index (Phi) is 3.98. The van der Waals surface area contributed by atoms with Crippen LogP contribution in [-0.2, 0) is 6.61 Å². The largest absolute Gasteiger partial charge is 0.496 e. The number of fused-ring (bicyclic) bond motifs is 1. The van der Waals surface area contributed by atoms with Crippen molar-refractivity contribution in [3.8, 4) is 22.8 Å². The molecule has 0 fully saturated rings. The van der Waals surface area contributed by atoms with Gasteiger partial charge in [-0.25, -0.2) is 9.67 Å². The Morgan fingerprint density at radius 1 is 1.19 bits per heavy atom. The standard InChI is InChI=1S/C19H16N4O3/c1-26-16-8-7-12(9-13(16)11-24)17-21-18-15(19(25)22-17)10-20-23(18)14-5-3-2-4-6-14/h2-10,24H,11H2,1H3,(H,21,22,25). The quantitative estimate of drug-likeness (QED) is 0.590. The van der Waals surface area contributed by atoms with E-state index in [2.05, 4.69) is 15.1 Å². The number of benzene rings is 2. The molecule has 0 unspecified atom stereocenters. The van der Waals surface area contributed by atoms with Gasteiger partial charge in [-0.05, 0) is 30.3 Å². The van der Waals surface area contributed by atoms with E-state index >= 15 is 0 Å². The zero-order chi connectivity index (χ0) is 18.1. The predicted octanol–water partition coefficient (Wildman–Crippen LogP) is 2.28. The van der Waals surface area contributed by atoms with Crippen LogP contribution in [0.2, 0.25) is 0 Å². The summed E-state index contributed by atoms with van der Waals surface area (Å²) < 4.78 is 6.85. The molecule has 26 heavy (non-hydrogen) atoms. The summed E-state index contributed by atoms with van der Waals surface area (Å²) in [5.74, 6) is 0.978. The van der Waals surface area contributed by atoms with E-state index in [0.717, 1.165) is 5.69 Å². The lowest BCUT2D eigenvalue weighted by molar-refractivity contribution is 0.274. The molecule has 7 nitrogen and oxygen atoms in total. The van der Waals surface area contributed by atoms with Gasteiger partial charge in [0.1, 0.15) is 17.0 Å². The number of rotatable bonds is 4. The second-order valence-corrected chi connectivity index (χ2v) is 5.73. The van der Waals surface area contributed by atoms with Crippen LogP contribution in [0.5, 0.6) is 5.75 Å². The summed E-state index contributed by atoms with van der Waals surface area (Å²) in [5, 5.41) is 14.2. The van der Waals surface area contributed by atoms with Gasteiger partial charge < -0.3 is 14.8 Å². The van der Waals surface area contributed by atoms with Gasteiger partial charge in [0.2, 0.25) is 0 Å². The molecule has 0 amide bonds. The first kappa shape index (κ1) is 16.0.